The van der Waals surface area contributed by atoms with E-state index in [1.54, 1.807) is 0 Å². The van der Waals surface area contributed by atoms with Gasteiger partial charge < -0.3 is 15.1 Å². The number of hydrogen-bond donors (Lipinski definition) is 1. The zero-order chi connectivity index (χ0) is 18.5. The van der Waals surface area contributed by atoms with Crippen molar-refractivity contribution in [3.05, 3.63) is 64.1 Å². The summed E-state index contributed by atoms with van der Waals surface area (Å²) in [6, 6.07) is 15.6. The highest BCUT2D eigenvalue weighted by Crippen LogP contribution is 2.26. The van der Waals surface area contributed by atoms with Gasteiger partial charge in [0, 0.05) is 37.2 Å². The normalized spacial score (nSPS) is 15.8. The average molecular weight is 392 g/mol. The number of hydrogen-bond acceptors (Lipinski definition) is 3. The van der Waals surface area contributed by atoms with Gasteiger partial charge in [-0.2, -0.15) is 0 Å². The number of amides is 1. The predicted molar refractivity (Wildman–Crippen MR) is 108 cm³/mol. The van der Waals surface area contributed by atoms with Crippen LogP contribution in [0.3, 0.4) is 0 Å². The number of anilines is 1. The molecule has 0 saturated carbocycles. The van der Waals surface area contributed by atoms with Gasteiger partial charge in [0.25, 0.3) is 0 Å². The van der Waals surface area contributed by atoms with E-state index in [1.165, 1.54) is 0 Å². The van der Waals surface area contributed by atoms with Crippen molar-refractivity contribution in [1.29, 1.82) is 0 Å². The van der Waals surface area contributed by atoms with Crippen LogP contribution in [0.5, 0.6) is 0 Å². The van der Waals surface area contributed by atoms with E-state index >= 15 is 0 Å². The van der Waals surface area contributed by atoms with Crippen LogP contribution in [0.2, 0.25) is 10.0 Å². The fourth-order valence-corrected chi connectivity index (χ4v) is 3.60. The van der Waals surface area contributed by atoms with Crippen molar-refractivity contribution in [2.24, 2.45) is 0 Å². The van der Waals surface area contributed by atoms with Crippen LogP contribution in [0, 0.1) is 0 Å². The molecular weight excluding hydrogens is 369 g/mol. The SMILES string of the molecule is C[C@H](NCC(=O)N1CCN(c2ccccc2Cl)CC1)c1cccc(Cl)c1. The molecule has 1 fully saturated rings. The third-order valence-electron chi connectivity index (χ3n) is 4.73. The van der Waals surface area contributed by atoms with Gasteiger partial charge >= 0.3 is 0 Å². The minimum Gasteiger partial charge on any atom is -0.367 e. The zero-order valence-electron chi connectivity index (χ0n) is 14.8. The molecular formula is C20H23Cl2N3O. The molecule has 0 bridgehead atoms. The predicted octanol–water partition coefficient (Wildman–Crippen LogP) is 3.99. The van der Waals surface area contributed by atoms with Crippen molar-refractivity contribution in [3.63, 3.8) is 0 Å². The van der Waals surface area contributed by atoms with Gasteiger partial charge in [-0.3, -0.25) is 4.79 Å². The molecule has 1 amide bonds. The number of piperazine rings is 1. The maximum absolute atomic E-state index is 12.5. The summed E-state index contributed by atoms with van der Waals surface area (Å²) in [6.07, 6.45) is 0. The first-order valence-electron chi connectivity index (χ1n) is 8.80. The largest absolute Gasteiger partial charge is 0.367 e. The van der Waals surface area contributed by atoms with Crippen molar-refractivity contribution < 1.29 is 4.79 Å². The lowest BCUT2D eigenvalue weighted by Crippen LogP contribution is -2.51. The highest BCUT2D eigenvalue weighted by molar-refractivity contribution is 6.33. The average Bonchev–Trinajstić information content (AvgIpc) is 2.66. The van der Waals surface area contributed by atoms with Gasteiger partial charge in [0.15, 0.2) is 0 Å². The molecule has 0 aromatic heterocycles. The van der Waals surface area contributed by atoms with Crippen molar-refractivity contribution in [2.75, 3.05) is 37.6 Å². The Morgan fingerprint density at radius 3 is 2.50 bits per heavy atom. The maximum Gasteiger partial charge on any atom is 0.236 e. The Balaban J connectivity index is 1.49. The molecule has 0 radical (unpaired) electrons. The van der Waals surface area contributed by atoms with E-state index < -0.39 is 0 Å². The van der Waals surface area contributed by atoms with Gasteiger partial charge in [0.05, 0.1) is 17.3 Å². The van der Waals surface area contributed by atoms with Crippen LogP contribution in [0.15, 0.2) is 48.5 Å². The van der Waals surface area contributed by atoms with E-state index in [1.807, 2.05) is 60.4 Å². The first-order valence-corrected chi connectivity index (χ1v) is 9.56. The van der Waals surface area contributed by atoms with Crippen LogP contribution in [-0.4, -0.2) is 43.5 Å². The molecule has 1 N–H and O–H groups in total. The zero-order valence-corrected chi connectivity index (χ0v) is 16.3. The standard InChI is InChI=1S/C20H23Cl2N3O/c1-15(16-5-4-6-17(21)13-16)23-14-20(26)25-11-9-24(10-12-25)19-8-3-2-7-18(19)22/h2-8,13,15,23H,9-12,14H2,1H3/t15-/m0/s1. The summed E-state index contributed by atoms with van der Waals surface area (Å²) < 4.78 is 0. The van der Waals surface area contributed by atoms with Crippen molar-refractivity contribution >= 4 is 34.8 Å². The number of rotatable bonds is 5. The second kappa shape index (κ2) is 8.76. The summed E-state index contributed by atoms with van der Waals surface area (Å²) in [6.45, 7) is 5.35. The Bertz CT molecular complexity index is 760. The third-order valence-corrected chi connectivity index (χ3v) is 5.29. The highest BCUT2D eigenvalue weighted by atomic mass is 35.5. The Hall–Kier alpha value is -1.75. The highest BCUT2D eigenvalue weighted by Gasteiger charge is 2.22. The van der Waals surface area contributed by atoms with E-state index in [9.17, 15) is 4.79 Å². The number of nitrogens with zero attached hydrogens (tertiary/aromatic N) is 2. The summed E-state index contributed by atoms with van der Waals surface area (Å²) >= 11 is 12.3. The second-order valence-electron chi connectivity index (χ2n) is 6.48. The molecule has 0 unspecified atom stereocenters. The summed E-state index contributed by atoms with van der Waals surface area (Å²) in [4.78, 5) is 16.6. The van der Waals surface area contributed by atoms with Gasteiger partial charge in [-0.05, 0) is 36.8 Å². The number of nitrogens with one attached hydrogen (secondary N) is 1. The lowest BCUT2D eigenvalue weighted by Gasteiger charge is -2.36. The molecule has 1 saturated heterocycles. The van der Waals surface area contributed by atoms with E-state index in [0.717, 1.165) is 29.4 Å². The molecule has 3 rings (SSSR count). The van der Waals surface area contributed by atoms with Crippen LogP contribution >= 0.6 is 23.2 Å². The second-order valence-corrected chi connectivity index (χ2v) is 7.32. The minimum absolute atomic E-state index is 0.0714. The lowest BCUT2D eigenvalue weighted by molar-refractivity contribution is -0.130. The van der Waals surface area contributed by atoms with Crippen LogP contribution in [-0.2, 0) is 4.79 Å². The van der Waals surface area contributed by atoms with Crippen LogP contribution in [0.4, 0.5) is 5.69 Å². The number of benzene rings is 2. The molecule has 0 spiro atoms. The molecule has 1 atom stereocenters. The van der Waals surface area contributed by atoms with Crippen LogP contribution in [0.25, 0.3) is 0 Å². The van der Waals surface area contributed by atoms with Gasteiger partial charge in [0.1, 0.15) is 0 Å². The van der Waals surface area contributed by atoms with Gasteiger partial charge in [0.2, 0.25) is 5.91 Å². The van der Waals surface area contributed by atoms with Gasteiger partial charge in [-0.15, -0.1) is 0 Å². The van der Waals surface area contributed by atoms with Gasteiger partial charge in [-0.1, -0.05) is 47.5 Å². The Morgan fingerprint density at radius 1 is 1.08 bits per heavy atom. The van der Waals surface area contributed by atoms with E-state index in [0.29, 0.717) is 24.7 Å². The maximum atomic E-state index is 12.5. The Labute approximate surface area is 164 Å². The topological polar surface area (TPSA) is 35.6 Å². The summed E-state index contributed by atoms with van der Waals surface area (Å²) in [5.41, 5.74) is 2.11. The van der Waals surface area contributed by atoms with Gasteiger partial charge in [-0.25, -0.2) is 0 Å². The summed E-state index contributed by atoms with van der Waals surface area (Å²) in [7, 11) is 0. The van der Waals surface area contributed by atoms with Crippen molar-refractivity contribution in [1.82, 2.24) is 10.2 Å². The smallest absolute Gasteiger partial charge is 0.236 e. The molecule has 1 aliphatic rings. The molecule has 26 heavy (non-hydrogen) atoms. The number of halogens is 2. The fourth-order valence-electron chi connectivity index (χ4n) is 3.15. The molecule has 4 nitrogen and oxygen atoms in total. The molecule has 2 aromatic rings. The summed E-state index contributed by atoms with van der Waals surface area (Å²) in [5, 5.41) is 4.75. The number of para-hydroxylation sites is 1. The van der Waals surface area contributed by atoms with E-state index in [4.69, 9.17) is 23.2 Å². The van der Waals surface area contributed by atoms with E-state index in [2.05, 4.69) is 10.2 Å². The van der Waals surface area contributed by atoms with Crippen LogP contribution < -0.4 is 10.2 Å². The molecule has 138 valence electrons. The quantitative estimate of drug-likeness (QED) is 0.836. The minimum atomic E-state index is 0.0714. The van der Waals surface area contributed by atoms with Crippen molar-refractivity contribution in [3.8, 4) is 0 Å². The number of carbonyl (C=O) groups is 1. The first-order chi connectivity index (χ1) is 12.5. The first kappa shape index (κ1) is 19.0. The molecule has 2 aromatic carbocycles. The van der Waals surface area contributed by atoms with Crippen LogP contribution in [0.1, 0.15) is 18.5 Å². The summed E-state index contributed by atoms with van der Waals surface area (Å²) in [5.74, 6) is 0.123. The fraction of sp³-hybridized carbons (Fsp3) is 0.350. The lowest BCUT2D eigenvalue weighted by atomic mass is 10.1. The van der Waals surface area contributed by atoms with Crippen molar-refractivity contribution in [2.45, 2.75) is 13.0 Å². The Morgan fingerprint density at radius 2 is 1.81 bits per heavy atom. The van der Waals surface area contributed by atoms with E-state index in [-0.39, 0.29) is 11.9 Å². The number of carbonyl (C=O) groups excluding carboxylic acids is 1. The third kappa shape index (κ3) is 4.70. The Kier molecular flexibility index (Phi) is 6.41. The molecule has 1 aliphatic heterocycles. The molecule has 1 heterocycles. The monoisotopic (exact) mass is 391 g/mol. The molecule has 6 heteroatoms. The molecule has 0 aliphatic carbocycles.